The molecule has 5 nitrogen and oxygen atoms in total. The van der Waals surface area contributed by atoms with Gasteiger partial charge in [-0.1, -0.05) is 19.8 Å². The average molecular weight is 266 g/mol. The third-order valence-corrected chi connectivity index (χ3v) is 2.44. The Kier molecular flexibility index (Phi) is 8.05. The van der Waals surface area contributed by atoms with Gasteiger partial charge in [0.05, 0.1) is 12.4 Å². The van der Waals surface area contributed by atoms with Crippen LogP contribution in [-0.2, 0) is 4.74 Å². The number of hydrogen-bond acceptors (Lipinski definition) is 5. The van der Waals surface area contributed by atoms with Crippen molar-refractivity contribution in [2.45, 2.75) is 26.2 Å². The second kappa shape index (κ2) is 9.66. The van der Waals surface area contributed by atoms with Crippen LogP contribution >= 0.6 is 0 Å². The lowest BCUT2D eigenvalue weighted by molar-refractivity contribution is -0.372. The van der Waals surface area contributed by atoms with E-state index in [2.05, 4.69) is 11.6 Å². The number of hydrogen-bond donors (Lipinski definition) is 0. The van der Waals surface area contributed by atoms with Crippen LogP contribution in [0.3, 0.4) is 0 Å². The maximum absolute atomic E-state index is 10.3. The zero-order valence-corrected chi connectivity index (χ0v) is 11.2. The molecule has 1 aromatic carbocycles. The molecule has 106 valence electrons. The van der Waals surface area contributed by atoms with E-state index in [-0.39, 0.29) is 5.75 Å². The molecule has 19 heavy (non-hydrogen) atoms. The Morgan fingerprint density at radius 3 is 2.26 bits per heavy atom. The topological polar surface area (TPSA) is 73.8 Å². The molecule has 0 aliphatic heterocycles. The van der Waals surface area contributed by atoms with Crippen molar-refractivity contribution in [2.24, 2.45) is 0 Å². The summed E-state index contributed by atoms with van der Waals surface area (Å²) in [4.78, 5) is 0. The van der Waals surface area contributed by atoms with E-state index >= 15 is 0 Å². The molecular formula is C13H19BO5-2. The number of rotatable bonds is 10. The lowest BCUT2D eigenvalue weighted by Gasteiger charge is -2.26. The van der Waals surface area contributed by atoms with Gasteiger partial charge in [0, 0.05) is 6.61 Å². The standard InChI is InChI=1S/C13H19BO5/c1-2-3-4-9-17-10-11-18-12-5-7-13(8-6-12)19-14(15)16/h5-8H,2-4,9-11H2,1H3/q-2. The summed E-state index contributed by atoms with van der Waals surface area (Å²) in [5, 5.41) is 20.5. The summed E-state index contributed by atoms with van der Waals surface area (Å²) >= 11 is 0. The molecule has 0 bridgehead atoms. The first-order valence-corrected chi connectivity index (χ1v) is 6.51. The molecular weight excluding hydrogens is 247 g/mol. The summed E-state index contributed by atoms with van der Waals surface area (Å²) in [5.74, 6) is 0.899. The van der Waals surface area contributed by atoms with E-state index in [1.54, 1.807) is 12.1 Å². The maximum Gasteiger partial charge on any atom is 0.133 e. The van der Waals surface area contributed by atoms with E-state index in [0.29, 0.717) is 19.0 Å². The molecule has 0 saturated carbocycles. The number of unbranched alkanes of at least 4 members (excludes halogenated alkanes) is 2. The molecule has 0 atom stereocenters. The molecule has 0 saturated heterocycles. The van der Waals surface area contributed by atoms with E-state index in [1.165, 1.54) is 25.0 Å². The van der Waals surface area contributed by atoms with Gasteiger partial charge < -0.3 is 24.2 Å². The van der Waals surface area contributed by atoms with E-state index in [0.717, 1.165) is 13.0 Å². The number of benzene rings is 1. The van der Waals surface area contributed by atoms with Crippen LogP contribution in [0.5, 0.6) is 11.5 Å². The minimum absolute atomic E-state index is 0.248. The van der Waals surface area contributed by atoms with Crippen LogP contribution in [0.4, 0.5) is 0 Å². The largest absolute Gasteiger partial charge is 0.860 e. The summed E-state index contributed by atoms with van der Waals surface area (Å²) in [5.41, 5.74) is 0. The van der Waals surface area contributed by atoms with E-state index in [1.807, 2.05) is 0 Å². The molecule has 0 aromatic heterocycles. The van der Waals surface area contributed by atoms with E-state index < -0.39 is 7.32 Å². The van der Waals surface area contributed by atoms with Crippen LogP contribution in [-0.4, -0.2) is 27.1 Å². The van der Waals surface area contributed by atoms with Crippen molar-refractivity contribution in [2.75, 3.05) is 19.8 Å². The molecule has 0 unspecified atom stereocenters. The maximum atomic E-state index is 10.3. The van der Waals surface area contributed by atoms with Crippen LogP contribution in [0.1, 0.15) is 26.2 Å². The Morgan fingerprint density at radius 2 is 1.63 bits per heavy atom. The van der Waals surface area contributed by atoms with Crippen LogP contribution in [0.25, 0.3) is 0 Å². The summed E-state index contributed by atoms with van der Waals surface area (Å²) in [6, 6.07) is 6.35. The van der Waals surface area contributed by atoms with Crippen molar-refractivity contribution in [1.29, 1.82) is 0 Å². The van der Waals surface area contributed by atoms with Gasteiger partial charge in [-0.05, 0) is 30.7 Å². The highest BCUT2D eigenvalue weighted by Gasteiger charge is 1.96. The highest BCUT2D eigenvalue weighted by Crippen LogP contribution is 2.17. The fourth-order valence-corrected chi connectivity index (χ4v) is 1.50. The third-order valence-electron chi connectivity index (χ3n) is 2.44. The summed E-state index contributed by atoms with van der Waals surface area (Å²) in [6.45, 7) is 3.93. The molecule has 0 amide bonds. The highest BCUT2D eigenvalue weighted by atomic mass is 16.6. The van der Waals surface area contributed by atoms with Gasteiger partial charge in [-0.2, -0.15) is 0 Å². The van der Waals surface area contributed by atoms with Gasteiger partial charge in [0.1, 0.15) is 19.7 Å². The first-order valence-electron chi connectivity index (χ1n) is 6.51. The summed E-state index contributed by atoms with van der Waals surface area (Å²) in [7, 11) is -2.30. The van der Waals surface area contributed by atoms with E-state index in [4.69, 9.17) is 9.47 Å². The van der Waals surface area contributed by atoms with Crippen LogP contribution in [0.15, 0.2) is 24.3 Å². The third kappa shape index (κ3) is 7.72. The molecule has 1 aromatic rings. The first kappa shape index (κ1) is 15.8. The van der Waals surface area contributed by atoms with Crippen molar-refractivity contribution in [3.05, 3.63) is 24.3 Å². The Morgan fingerprint density at radius 1 is 0.947 bits per heavy atom. The minimum Gasteiger partial charge on any atom is -0.860 e. The molecule has 0 aliphatic carbocycles. The molecule has 0 spiro atoms. The normalized spacial score (nSPS) is 10.3. The van der Waals surface area contributed by atoms with Crippen LogP contribution in [0.2, 0.25) is 0 Å². The van der Waals surface area contributed by atoms with Gasteiger partial charge in [-0.25, -0.2) is 0 Å². The van der Waals surface area contributed by atoms with Crippen molar-refractivity contribution in [3.8, 4) is 11.5 Å². The Balaban J connectivity index is 2.12. The number of ether oxygens (including phenoxy) is 2. The van der Waals surface area contributed by atoms with Crippen molar-refractivity contribution in [1.82, 2.24) is 0 Å². The van der Waals surface area contributed by atoms with Gasteiger partial charge >= 0.3 is 0 Å². The predicted molar refractivity (Wildman–Crippen MR) is 68.7 cm³/mol. The zero-order valence-electron chi connectivity index (χ0n) is 11.2. The van der Waals surface area contributed by atoms with Gasteiger partial charge in [0.15, 0.2) is 0 Å². The van der Waals surface area contributed by atoms with Crippen LogP contribution in [0, 0.1) is 0 Å². The molecule has 1 rings (SSSR count). The predicted octanol–water partition coefficient (Wildman–Crippen LogP) is 0.356. The lowest BCUT2D eigenvalue weighted by Crippen LogP contribution is -2.50. The Labute approximate surface area is 114 Å². The summed E-state index contributed by atoms with van der Waals surface area (Å²) in [6.07, 6.45) is 3.44. The molecule has 6 heteroatoms. The fourth-order valence-electron chi connectivity index (χ4n) is 1.50. The quantitative estimate of drug-likeness (QED) is 0.451. The second-order valence-corrected chi connectivity index (χ2v) is 4.05. The van der Waals surface area contributed by atoms with Crippen molar-refractivity contribution < 1.29 is 24.2 Å². The SMILES string of the molecule is CCCCCOCCOc1ccc(OB([O-])[O-])cc1. The molecule has 0 heterocycles. The van der Waals surface area contributed by atoms with E-state index in [9.17, 15) is 10.0 Å². The molecule has 0 radical (unpaired) electrons. The second-order valence-electron chi connectivity index (χ2n) is 4.05. The van der Waals surface area contributed by atoms with Crippen LogP contribution < -0.4 is 19.4 Å². The fraction of sp³-hybridized carbons (Fsp3) is 0.538. The first-order chi connectivity index (χ1) is 9.22. The van der Waals surface area contributed by atoms with Crippen molar-refractivity contribution in [3.63, 3.8) is 0 Å². The minimum atomic E-state index is -2.30. The van der Waals surface area contributed by atoms with Gasteiger partial charge in [-0.3, -0.25) is 0 Å². The molecule has 0 fully saturated rings. The average Bonchev–Trinajstić information content (AvgIpc) is 2.39. The smallest absolute Gasteiger partial charge is 0.133 e. The monoisotopic (exact) mass is 266 g/mol. The Hall–Kier alpha value is -1.24. The van der Waals surface area contributed by atoms with Crippen molar-refractivity contribution >= 4 is 7.32 Å². The zero-order chi connectivity index (χ0) is 13.9. The highest BCUT2D eigenvalue weighted by molar-refractivity contribution is 6.29. The Bertz CT molecular complexity index is 328. The van der Waals surface area contributed by atoms with Gasteiger partial charge in [0.2, 0.25) is 0 Å². The molecule has 0 aliphatic rings. The van der Waals surface area contributed by atoms with Gasteiger partial charge in [0.25, 0.3) is 0 Å². The van der Waals surface area contributed by atoms with Gasteiger partial charge in [-0.15, -0.1) is 0 Å². The molecule has 0 N–H and O–H groups in total. The summed E-state index contributed by atoms with van der Waals surface area (Å²) < 4.78 is 15.3. The lowest BCUT2D eigenvalue weighted by atomic mass is 10.2.